The fraction of sp³-hybridized carbons (Fsp3) is 0.200. The molecule has 1 aromatic carbocycles. The van der Waals surface area contributed by atoms with Gasteiger partial charge in [-0.1, -0.05) is 0 Å². The Morgan fingerprint density at radius 2 is 1.22 bits per heavy atom. The first-order valence-corrected chi connectivity index (χ1v) is 8.73. The molecule has 0 spiro atoms. The molecule has 0 heterocycles. The third-order valence-electron chi connectivity index (χ3n) is 1.88. The van der Waals surface area contributed by atoms with Crippen LogP contribution in [0.15, 0.2) is 24.3 Å². The average Bonchev–Trinajstić information content (AvgIpc) is 2.24. The molecule has 8 heteroatoms. The predicted octanol–water partition coefficient (Wildman–Crippen LogP) is 1.04. The van der Waals surface area contributed by atoms with Gasteiger partial charge in [0, 0.05) is 0 Å². The van der Waals surface area contributed by atoms with Crippen molar-refractivity contribution in [1.29, 1.82) is 10.8 Å². The van der Waals surface area contributed by atoms with Crippen LogP contribution in [0.3, 0.4) is 0 Å². The molecule has 6 N–H and O–H groups in total. The molecule has 0 radical (unpaired) electrons. The van der Waals surface area contributed by atoms with E-state index in [1.165, 1.54) is 11.1 Å². The predicted molar refractivity (Wildman–Crippen MR) is 89.8 cm³/mol. The molecule has 0 bridgehead atoms. The van der Waals surface area contributed by atoms with Gasteiger partial charge in [-0.2, -0.15) is 0 Å². The topological polar surface area (TPSA) is 99.7 Å². The van der Waals surface area contributed by atoms with Gasteiger partial charge in [-0.3, -0.25) is 0 Å². The van der Waals surface area contributed by atoms with Gasteiger partial charge < -0.3 is 0 Å². The number of halogens is 2. The normalized spacial score (nSPS) is 8.89. The van der Waals surface area contributed by atoms with Gasteiger partial charge in [-0.15, -0.1) is 34.0 Å². The molecule has 0 unspecified atom stereocenters. The number of nitrogens with one attached hydrogen (secondary N) is 2. The van der Waals surface area contributed by atoms with Gasteiger partial charge >= 0.3 is 108 Å². The molecule has 0 aromatic heterocycles. The molecule has 0 aliphatic carbocycles. The Hall–Kier alpha value is 0.159. The van der Waals surface area contributed by atoms with E-state index in [9.17, 15) is 0 Å². The summed E-state index contributed by atoms with van der Waals surface area (Å²) in [5, 5.41) is 16.2. The van der Waals surface area contributed by atoms with Crippen molar-refractivity contribution in [2.75, 3.05) is 0 Å². The van der Waals surface area contributed by atoms with E-state index in [0.717, 1.165) is 10.6 Å². The van der Waals surface area contributed by atoms with Crippen molar-refractivity contribution in [1.82, 2.24) is 0 Å². The summed E-state index contributed by atoms with van der Waals surface area (Å²) < 4.78 is 0.554. The van der Waals surface area contributed by atoms with Crippen molar-refractivity contribution >= 4 is 73.3 Å². The third kappa shape index (κ3) is 8.29. The molecular weight excluding hydrogens is 494 g/mol. The fourth-order valence-corrected chi connectivity index (χ4v) is 3.64. The SMILES string of the molecule is Br.Br.N=C(N)[Se]Cc1ccccc1C[Se]C(=N)N. The van der Waals surface area contributed by atoms with E-state index in [-0.39, 0.29) is 73.3 Å². The Bertz CT molecular complexity index is 364. The molecule has 0 aliphatic rings. The zero-order chi connectivity index (χ0) is 12.0. The number of amidine groups is 2. The first-order valence-electron chi connectivity index (χ1n) is 4.60. The Kier molecular flexibility index (Phi) is 12.5. The summed E-state index contributed by atoms with van der Waals surface area (Å²) >= 11 is 0.0820. The molecule has 0 atom stereocenters. The van der Waals surface area contributed by atoms with Gasteiger partial charge in [-0.05, 0) is 0 Å². The summed E-state index contributed by atoms with van der Waals surface area (Å²) in [6.45, 7) is 0. The number of hydrogen-bond acceptors (Lipinski definition) is 2. The van der Waals surface area contributed by atoms with Crippen LogP contribution in [-0.2, 0) is 10.6 Å². The first-order chi connectivity index (χ1) is 7.59. The Morgan fingerprint density at radius 3 is 1.50 bits per heavy atom. The van der Waals surface area contributed by atoms with Crippen LogP contribution in [-0.4, -0.2) is 39.4 Å². The van der Waals surface area contributed by atoms with E-state index in [1.807, 2.05) is 12.1 Å². The van der Waals surface area contributed by atoms with E-state index in [2.05, 4.69) is 12.1 Å². The van der Waals surface area contributed by atoms with Crippen molar-refractivity contribution in [2.24, 2.45) is 11.5 Å². The minimum absolute atomic E-state index is 0. The maximum absolute atomic E-state index is 7.24. The standard InChI is InChI=1S/C10H14N4Se2.2BrH/c11-9(12)15-5-7-3-1-2-4-8(7)6-16-10(13)14;;/h1-4H,5-6H2,(H3,11,12)(H3,13,14);2*1H. The van der Waals surface area contributed by atoms with Gasteiger partial charge in [0.15, 0.2) is 0 Å². The second-order valence-electron chi connectivity index (χ2n) is 3.07. The molecule has 4 nitrogen and oxygen atoms in total. The van der Waals surface area contributed by atoms with Crippen LogP contribution in [0.4, 0.5) is 0 Å². The summed E-state index contributed by atoms with van der Waals surface area (Å²) in [5.41, 5.74) is 13.2. The Labute approximate surface area is 141 Å². The van der Waals surface area contributed by atoms with Gasteiger partial charge in [0.25, 0.3) is 0 Å². The second-order valence-corrected chi connectivity index (χ2v) is 7.34. The van der Waals surface area contributed by atoms with Crippen LogP contribution in [0.5, 0.6) is 0 Å². The Morgan fingerprint density at radius 1 is 0.889 bits per heavy atom. The van der Waals surface area contributed by atoms with E-state index >= 15 is 0 Å². The number of hydrogen-bond donors (Lipinski definition) is 4. The molecule has 0 amide bonds. The molecule has 18 heavy (non-hydrogen) atoms. The van der Waals surface area contributed by atoms with E-state index < -0.39 is 0 Å². The van der Waals surface area contributed by atoms with Crippen LogP contribution < -0.4 is 11.5 Å². The van der Waals surface area contributed by atoms with Gasteiger partial charge in [-0.25, -0.2) is 0 Å². The van der Waals surface area contributed by atoms with Gasteiger partial charge in [0.1, 0.15) is 0 Å². The maximum atomic E-state index is 7.24. The van der Waals surface area contributed by atoms with Gasteiger partial charge in [0.05, 0.1) is 0 Å². The van der Waals surface area contributed by atoms with E-state index in [1.54, 1.807) is 0 Å². The molecule has 1 rings (SSSR count). The first kappa shape index (κ1) is 20.5. The number of rotatable bonds is 6. The molecule has 0 aliphatic heterocycles. The summed E-state index contributed by atoms with van der Waals surface area (Å²) in [5.74, 6) is 0. The average molecular weight is 510 g/mol. The summed E-state index contributed by atoms with van der Waals surface area (Å²) in [7, 11) is 0. The van der Waals surface area contributed by atoms with Crippen molar-refractivity contribution in [3.05, 3.63) is 35.4 Å². The number of nitrogens with two attached hydrogens (primary N) is 2. The van der Waals surface area contributed by atoms with Crippen LogP contribution in [0, 0.1) is 10.8 Å². The van der Waals surface area contributed by atoms with Gasteiger partial charge in [0.2, 0.25) is 0 Å². The van der Waals surface area contributed by atoms with Crippen molar-refractivity contribution in [3.8, 4) is 0 Å². The summed E-state index contributed by atoms with van der Waals surface area (Å²) in [4.78, 5) is 0. The van der Waals surface area contributed by atoms with E-state index in [0.29, 0.717) is 0 Å². The molecule has 0 saturated carbocycles. The van der Waals surface area contributed by atoms with E-state index in [4.69, 9.17) is 22.3 Å². The minimum atomic E-state index is 0. The third-order valence-corrected chi connectivity index (χ3v) is 5.10. The second kappa shape index (κ2) is 11.0. The summed E-state index contributed by atoms with van der Waals surface area (Å²) in [6.07, 6.45) is 0. The zero-order valence-corrected chi connectivity index (χ0v) is 16.4. The summed E-state index contributed by atoms with van der Waals surface area (Å²) in [6, 6.07) is 8.12. The molecule has 0 saturated heterocycles. The molecule has 1 aromatic rings. The van der Waals surface area contributed by atoms with Crippen molar-refractivity contribution in [3.63, 3.8) is 0 Å². The molecular formula is C10H16Br2N4Se2. The van der Waals surface area contributed by atoms with Crippen LogP contribution >= 0.6 is 34.0 Å². The molecule has 0 fully saturated rings. The molecule has 102 valence electrons. The quantitative estimate of drug-likeness (QED) is 0.262. The van der Waals surface area contributed by atoms with Crippen LogP contribution in [0.25, 0.3) is 0 Å². The monoisotopic (exact) mass is 510 g/mol. The Balaban J connectivity index is 0. The zero-order valence-electron chi connectivity index (χ0n) is 9.51. The van der Waals surface area contributed by atoms with Crippen molar-refractivity contribution < 1.29 is 0 Å². The van der Waals surface area contributed by atoms with Crippen molar-refractivity contribution in [2.45, 2.75) is 10.6 Å². The van der Waals surface area contributed by atoms with Crippen LogP contribution in [0.2, 0.25) is 0 Å². The fourth-order valence-electron chi connectivity index (χ4n) is 1.15. The van der Waals surface area contributed by atoms with Crippen LogP contribution in [0.1, 0.15) is 11.1 Å². The number of benzene rings is 1.